The van der Waals surface area contributed by atoms with Crippen LogP contribution >= 0.6 is 0 Å². The number of fused-ring (bicyclic) bond motifs is 1. The molecule has 1 atom stereocenters. The summed E-state index contributed by atoms with van der Waals surface area (Å²) in [6, 6.07) is 3.38. The lowest BCUT2D eigenvalue weighted by Gasteiger charge is -2.37. The fourth-order valence-corrected chi connectivity index (χ4v) is 3.56. The number of anilines is 3. The minimum Gasteiger partial charge on any atom is -0.490 e. The molecule has 0 radical (unpaired) electrons. The van der Waals surface area contributed by atoms with Crippen LogP contribution in [0.25, 0.3) is 0 Å². The molecule has 6 nitrogen and oxygen atoms in total. The van der Waals surface area contributed by atoms with E-state index in [9.17, 15) is 18.0 Å². The molecule has 1 aromatic heterocycles. The maximum Gasteiger partial charge on any atom is 0.246 e. The molecule has 4 rings (SSSR count). The van der Waals surface area contributed by atoms with Crippen LogP contribution in [0.5, 0.6) is 5.75 Å². The Morgan fingerprint density at radius 1 is 1.21 bits per heavy atom. The van der Waals surface area contributed by atoms with Crippen molar-refractivity contribution in [2.24, 2.45) is 0 Å². The number of hydrogen-bond acceptors (Lipinski definition) is 5. The molecule has 29 heavy (non-hydrogen) atoms. The first kappa shape index (κ1) is 19.4. The summed E-state index contributed by atoms with van der Waals surface area (Å²) >= 11 is 0. The molecule has 1 aliphatic heterocycles. The Kier molecular flexibility index (Phi) is 4.76. The second-order valence-corrected chi connectivity index (χ2v) is 7.52. The molecule has 0 saturated heterocycles. The average molecular weight is 406 g/mol. The molecular weight excluding hydrogens is 385 g/mol. The molecule has 2 heterocycles. The fourth-order valence-electron chi connectivity index (χ4n) is 3.56. The highest BCUT2D eigenvalue weighted by Crippen LogP contribution is 2.36. The standard InChI is InChI=1S/C20H21F3N4O2/c1-9-19-16(27(3)10(2)20(28)26-19)8-17(24-9)25-11-4-12(5-11)29-13-6-14(21)18(23)15(22)7-13/h6-8,10-12H,4-5H2,1-3H3,(H,24,25)(H,26,28)/t10-,11-,12-/m0/s1. The van der Waals surface area contributed by atoms with Crippen LogP contribution in [0.3, 0.4) is 0 Å². The number of ether oxygens (including phenoxy) is 1. The van der Waals surface area contributed by atoms with Crippen LogP contribution in [0.4, 0.5) is 30.4 Å². The highest BCUT2D eigenvalue weighted by molar-refractivity contribution is 6.04. The van der Waals surface area contributed by atoms with Gasteiger partial charge in [0.15, 0.2) is 17.5 Å². The van der Waals surface area contributed by atoms with E-state index in [2.05, 4.69) is 15.6 Å². The summed E-state index contributed by atoms with van der Waals surface area (Å²) in [5.74, 6) is -3.47. The fraction of sp³-hybridized carbons (Fsp3) is 0.400. The van der Waals surface area contributed by atoms with Crippen molar-refractivity contribution in [2.45, 2.75) is 44.9 Å². The van der Waals surface area contributed by atoms with Crippen LogP contribution in [0.1, 0.15) is 25.5 Å². The number of carbonyl (C=O) groups is 1. The number of nitrogens with one attached hydrogen (secondary N) is 2. The topological polar surface area (TPSA) is 66.5 Å². The molecule has 0 spiro atoms. The first-order chi connectivity index (χ1) is 13.7. The normalized spacial score (nSPS) is 23.2. The van der Waals surface area contributed by atoms with Gasteiger partial charge < -0.3 is 20.3 Å². The summed E-state index contributed by atoms with van der Waals surface area (Å²) < 4.78 is 45.1. The molecule has 2 aliphatic rings. The molecule has 154 valence electrons. The van der Waals surface area contributed by atoms with Crippen molar-refractivity contribution in [3.8, 4) is 5.75 Å². The Balaban J connectivity index is 1.40. The van der Waals surface area contributed by atoms with E-state index in [1.807, 2.05) is 31.9 Å². The summed E-state index contributed by atoms with van der Waals surface area (Å²) in [5.41, 5.74) is 2.30. The lowest BCUT2D eigenvalue weighted by Crippen LogP contribution is -2.45. The number of carbonyl (C=O) groups excluding carboxylic acids is 1. The number of rotatable bonds is 4. The second-order valence-electron chi connectivity index (χ2n) is 7.52. The predicted molar refractivity (Wildman–Crippen MR) is 103 cm³/mol. The van der Waals surface area contributed by atoms with Crippen molar-refractivity contribution < 1.29 is 22.7 Å². The van der Waals surface area contributed by atoms with Gasteiger partial charge in [-0.1, -0.05) is 0 Å². The maximum absolute atomic E-state index is 13.3. The van der Waals surface area contributed by atoms with Crippen LogP contribution in [0.15, 0.2) is 18.2 Å². The van der Waals surface area contributed by atoms with E-state index in [1.165, 1.54) is 0 Å². The number of hydrogen-bond donors (Lipinski definition) is 2. The zero-order valence-corrected chi connectivity index (χ0v) is 16.2. The SMILES string of the molecule is Cc1nc(N[C@H]2C[C@H](Oc3cc(F)c(F)c(F)c3)C2)cc2c1NC(=O)[C@H](C)N2C. The lowest BCUT2D eigenvalue weighted by atomic mass is 9.89. The number of amides is 1. The Hall–Kier alpha value is -2.97. The minimum atomic E-state index is -1.50. The van der Waals surface area contributed by atoms with E-state index in [1.54, 1.807) is 0 Å². The molecule has 1 aromatic carbocycles. The number of benzene rings is 1. The van der Waals surface area contributed by atoms with E-state index in [0.29, 0.717) is 30.0 Å². The van der Waals surface area contributed by atoms with Crippen molar-refractivity contribution in [3.05, 3.63) is 41.3 Å². The highest BCUT2D eigenvalue weighted by atomic mass is 19.2. The van der Waals surface area contributed by atoms with Crippen LogP contribution < -0.4 is 20.3 Å². The number of nitrogens with zero attached hydrogens (tertiary/aromatic N) is 2. The van der Waals surface area contributed by atoms with E-state index >= 15 is 0 Å². The largest absolute Gasteiger partial charge is 0.490 e. The first-order valence-electron chi connectivity index (χ1n) is 9.36. The molecule has 1 amide bonds. The van der Waals surface area contributed by atoms with E-state index in [0.717, 1.165) is 17.8 Å². The van der Waals surface area contributed by atoms with Gasteiger partial charge in [0, 0.05) is 44.1 Å². The quantitative estimate of drug-likeness (QED) is 0.760. The molecule has 2 N–H and O–H groups in total. The smallest absolute Gasteiger partial charge is 0.246 e. The number of likely N-dealkylation sites (N-methyl/N-ethyl adjacent to an activating group) is 1. The first-order valence-corrected chi connectivity index (χ1v) is 9.36. The van der Waals surface area contributed by atoms with Crippen molar-refractivity contribution >= 4 is 23.1 Å². The van der Waals surface area contributed by atoms with E-state index in [-0.39, 0.29) is 29.8 Å². The predicted octanol–water partition coefficient (Wildman–Crippen LogP) is 3.61. The van der Waals surface area contributed by atoms with Gasteiger partial charge in [-0.25, -0.2) is 18.2 Å². The average Bonchev–Trinajstić information content (AvgIpc) is 2.63. The molecule has 2 aromatic rings. The Morgan fingerprint density at radius 2 is 1.86 bits per heavy atom. The van der Waals surface area contributed by atoms with Gasteiger partial charge in [0.1, 0.15) is 23.7 Å². The van der Waals surface area contributed by atoms with Crippen LogP contribution in [-0.4, -0.2) is 36.1 Å². The third-order valence-corrected chi connectivity index (χ3v) is 5.48. The number of aryl methyl sites for hydroxylation is 1. The number of aromatic nitrogens is 1. The Morgan fingerprint density at radius 3 is 2.52 bits per heavy atom. The van der Waals surface area contributed by atoms with Gasteiger partial charge in [0.05, 0.1) is 17.1 Å². The zero-order chi connectivity index (χ0) is 20.9. The van der Waals surface area contributed by atoms with Crippen molar-refractivity contribution in [2.75, 3.05) is 22.6 Å². The highest BCUT2D eigenvalue weighted by Gasteiger charge is 2.33. The molecule has 1 saturated carbocycles. The minimum absolute atomic E-state index is 0.0287. The summed E-state index contributed by atoms with van der Waals surface area (Å²) in [5, 5.41) is 6.21. The second kappa shape index (κ2) is 7.13. The molecule has 1 aliphatic carbocycles. The van der Waals surface area contributed by atoms with E-state index in [4.69, 9.17) is 4.74 Å². The van der Waals surface area contributed by atoms with Crippen molar-refractivity contribution in [1.82, 2.24) is 4.98 Å². The molecule has 9 heteroatoms. The number of halogens is 3. The maximum atomic E-state index is 13.3. The van der Waals surface area contributed by atoms with E-state index < -0.39 is 17.5 Å². The van der Waals surface area contributed by atoms with Gasteiger partial charge >= 0.3 is 0 Å². The van der Waals surface area contributed by atoms with Crippen molar-refractivity contribution in [3.63, 3.8) is 0 Å². The third kappa shape index (κ3) is 3.56. The Bertz CT molecular complexity index is 955. The van der Waals surface area contributed by atoms with Crippen LogP contribution in [0.2, 0.25) is 0 Å². The third-order valence-electron chi connectivity index (χ3n) is 5.48. The monoisotopic (exact) mass is 406 g/mol. The summed E-state index contributed by atoms with van der Waals surface area (Å²) in [7, 11) is 1.86. The van der Waals surface area contributed by atoms with Gasteiger partial charge in [0.2, 0.25) is 5.91 Å². The zero-order valence-electron chi connectivity index (χ0n) is 16.2. The molecular formula is C20H21F3N4O2. The molecule has 1 fully saturated rings. The van der Waals surface area contributed by atoms with Gasteiger partial charge in [-0.05, 0) is 13.8 Å². The molecule has 0 unspecified atom stereocenters. The lowest BCUT2D eigenvalue weighted by molar-refractivity contribution is -0.117. The summed E-state index contributed by atoms with van der Waals surface area (Å²) in [6.07, 6.45) is 1.00. The van der Waals surface area contributed by atoms with Gasteiger partial charge in [-0.15, -0.1) is 0 Å². The summed E-state index contributed by atoms with van der Waals surface area (Å²) in [4.78, 5) is 18.4. The molecule has 0 bridgehead atoms. The number of pyridine rings is 1. The van der Waals surface area contributed by atoms with Crippen LogP contribution in [-0.2, 0) is 4.79 Å². The van der Waals surface area contributed by atoms with Gasteiger partial charge in [-0.2, -0.15) is 0 Å². The Labute approximate surface area is 166 Å². The summed E-state index contributed by atoms with van der Waals surface area (Å²) in [6.45, 7) is 3.66. The van der Waals surface area contributed by atoms with Crippen molar-refractivity contribution in [1.29, 1.82) is 0 Å². The van der Waals surface area contributed by atoms with Gasteiger partial charge in [-0.3, -0.25) is 4.79 Å². The van der Waals surface area contributed by atoms with Crippen LogP contribution in [0, 0.1) is 24.4 Å². The van der Waals surface area contributed by atoms with Gasteiger partial charge in [0.25, 0.3) is 0 Å².